The molecule has 3 heteroatoms. The van der Waals surface area contributed by atoms with Gasteiger partial charge in [0, 0.05) is 11.6 Å². The average molecular weight is 277 g/mol. The maximum absolute atomic E-state index is 6.74. The predicted octanol–water partition coefficient (Wildman–Crippen LogP) is 3.70. The predicted molar refractivity (Wildman–Crippen MR) is 82.2 cm³/mol. The standard InChI is InChI=1S/C17H27NO2/c1-12(2)13-6-5-7-17(18,11-13)14-8-15(19-3)10-16(9-14)20-4/h8-10,12-13H,5-7,11,18H2,1-4H3. The van der Waals surface area contributed by atoms with Gasteiger partial charge in [-0.1, -0.05) is 26.7 Å². The molecule has 1 aliphatic carbocycles. The highest BCUT2D eigenvalue weighted by molar-refractivity contribution is 5.41. The molecule has 112 valence electrons. The fourth-order valence-electron chi connectivity index (χ4n) is 3.28. The molecule has 0 amide bonds. The quantitative estimate of drug-likeness (QED) is 0.912. The van der Waals surface area contributed by atoms with Crippen molar-refractivity contribution in [1.29, 1.82) is 0 Å². The maximum atomic E-state index is 6.74. The smallest absolute Gasteiger partial charge is 0.122 e. The number of benzene rings is 1. The van der Waals surface area contributed by atoms with Crippen molar-refractivity contribution in [2.24, 2.45) is 17.6 Å². The Labute approximate surface area is 122 Å². The van der Waals surface area contributed by atoms with E-state index < -0.39 is 0 Å². The third kappa shape index (κ3) is 3.09. The van der Waals surface area contributed by atoms with Crippen LogP contribution < -0.4 is 15.2 Å². The maximum Gasteiger partial charge on any atom is 0.122 e. The van der Waals surface area contributed by atoms with Crippen molar-refractivity contribution in [1.82, 2.24) is 0 Å². The van der Waals surface area contributed by atoms with E-state index in [1.54, 1.807) is 14.2 Å². The number of hydrogen-bond donors (Lipinski definition) is 1. The number of ether oxygens (including phenoxy) is 2. The Morgan fingerprint density at radius 2 is 1.75 bits per heavy atom. The Morgan fingerprint density at radius 1 is 1.15 bits per heavy atom. The van der Waals surface area contributed by atoms with Gasteiger partial charge in [-0.15, -0.1) is 0 Å². The molecule has 0 aromatic heterocycles. The van der Waals surface area contributed by atoms with E-state index in [2.05, 4.69) is 26.0 Å². The highest BCUT2D eigenvalue weighted by Crippen LogP contribution is 2.42. The minimum Gasteiger partial charge on any atom is -0.497 e. The first-order valence-electron chi connectivity index (χ1n) is 7.51. The molecule has 1 saturated carbocycles. The zero-order valence-corrected chi connectivity index (χ0v) is 13.1. The van der Waals surface area contributed by atoms with Crippen LogP contribution in [0.2, 0.25) is 0 Å². The summed E-state index contributed by atoms with van der Waals surface area (Å²) in [5.74, 6) is 3.02. The van der Waals surface area contributed by atoms with Crippen LogP contribution in [-0.2, 0) is 5.54 Å². The van der Waals surface area contributed by atoms with Gasteiger partial charge in [-0.05, 0) is 42.4 Å². The van der Waals surface area contributed by atoms with Crippen LogP contribution in [0, 0.1) is 11.8 Å². The lowest BCUT2D eigenvalue weighted by atomic mass is 9.69. The van der Waals surface area contributed by atoms with Crippen molar-refractivity contribution >= 4 is 0 Å². The van der Waals surface area contributed by atoms with Gasteiger partial charge in [-0.25, -0.2) is 0 Å². The van der Waals surface area contributed by atoms with Crippen molar-refractivity contribution in [3.63, 3.8) is 0 Å². The van der Waals surface area contributed by atoms with E-state index in [9.17, 15) is 0 Å². The number of methoxy groups -OCH3 is 2. The number of rotatable bonds is 4. The summed E-state index contributed by atoms with van der Waals surface area (Å²) in [6.07, 6.45) is 4.56. The van der Waals surface area contributed by atoms with Crippen molar-refractivity contribution < 1.29 is 9.47 Å². The molecule has 3 nitrogen and oxygen atoms in total. The SMILES string of the molecule is COc1cc(OC)cc(C2(N)CCCC(C(C)C)C2)c1. The Bertz CT molecular complexity index is 436. The first kappa shape index (κ1) is 15.2. The number of nitrogens with two attached hydrogens (primary N) is 1. The van der Waals surface area contributed by atoms with Gasteiger partial charge < -0.3 is 15.2 Å². The highest BCUT2D eigenvalue weighted by Gasteiger charge is 2.35. The van der Waals surface area contributed by atoms with Crippen LogP contribution in [0.5, 0.6) is 11.5 Å². The Morgan fingerprint density at radius 3 is 2.25 bits per heavy atom. The van der Waals surface area contributed by atoms with Gasteiger partial charge in [0.05, 0.1) is 14.2 Å². The second-order valence-corrected chi connectivity index (χ2v) is 6.36. The summed E-state index contributed by atoms with van der Waals surface area (Å²) < 4.78 is 10.7. The summed E-state index contributed by atoms with van der Waals surface area (Å²) in [5.41, 5.74) is 7.63. The zero-order valence-electron chi connectivity index (χ0n) is 13.1. The number of hydrogen-bond acceptors (Lipinski definition) is 3. The minimum absolute atomic E-state index is 0.255. The molecule has 1 aromatic rings. The lowest BCUT2D eigenvalue weighted by Gasteiger charge is -2.40. The molecule has 1 aromatic carbocycles. The van der Waals surface area contributed by atoms with Gasteiger partial charge in [0.2, 0.25) is 0 Å². The summed E-state index contributed by atoms with van der Waals surface area (Å²) in [5, 5.41) is 0. The van der Waals surface area contributed by atoms with Crippen LogP contribution in [0.3, 0.4) is 0 Å². The molecule has 0 spiro atoms. The van der Waals surface area contributed by atoms with Crippen LogP contribution in [-0.4, -0.2) is 14.2 Å². The summed E-state index contributed by atoms with van der Waals surface area (Å²) in [6, 6.07) is 6.02. The molecule has 0 aliphatic heterocycles. The monoisotopic (exact) mass is 277 g/mol. The highest BCUT2D eigenvalue weighted by atomic mass is 16.5. The lowest BCUT2D eigenvalue weighted by molar-refractivity contribution is 0.183. The summed E-state index contributed by atoms with van der Waals surface area (Å²) >= 11 is 0. The molecule has 20 heavy (non-hydrogen) atoms. The topological polar surface area (TPSA) is 44.5 Å². The van der Waals surface area contributed by atoms with Crippen LogP contribution >= 0.6 is 0 Å². The van der Waals surface area contributed by atoms with E-state index in [0.29, 0.717) is 11.8 Å². The molecule has 1 fully saturated rings. The second kappa shape index (κ2) is 6.04. The molecule has 2 N–H and O–H groups in total. The summed E-state index contributed by atoms with van der Waals surface area (Å²) in [4.78, 5) is 0. The first-order chi connectivity index (χ1) is 9.48. The third-order valence-corrected chi connectivity index (χ3v) is 4.69. The third-order valence-electron chi connectivity index (χ3n) is 4.69. The molecule has 0 bridgehead atoms. The van der Waals surface area contributed by atoms with E-state index in [1.807, 2.05) is 6.07 Å². The molecule has 0 heterocycles. The zero-order chi connectivity index (χ0) is 14.8. The van der Waals surface area contributed by atoms with Crippen LogP contribution in [0.25, 0.3) is 0 Å². The van der Waals surface area contributed by atoms with Gasteiger partial charge in [-0.3, -0.25) is 0 Å². The average Bonchev–Trinajstić information content (AvgIpc) is 2.46. The minimum atomic E-state index is -0.255. The molecule has 0 saturated heterocycles. The Balaban J connectivity index is 2.33. The molecular weight excluding hydrogens is 250 g/mol. The summed E-state index contributed by atoms with van der Waals surface area (Å²) in [6.45, 7) is 4.59. The first-order valence-corrected chi connectivity index (χ1v) is 7.51. The fourth-order valence-corrected chi connectivity index (χ4v) is 3.28. The second-order valence-electron chi connectivity index (χ2n) is 6.36. The van der Waals surface area contributed by atoms with Crippen molar-refractivity contribution in [2.45, 2.75) is 45.1 Å². The molecule has 0 radical (unpaired) electrons. The van der Waals surface area contributed by atoms with Crippen molar-refractivity contribution in [3.8, 4) is 11.5 Å². The van der Waals surface area contributed by atoms with Crippen LogP contribution in [0.15, 0.2) is 18.2 Å². The van der Waals surface area contributed by atoms with Gasteiger partial charge in [-0.2, -0.15) is 0 Å². The van der Waals surface area contributed by atoms with Crippen molar-refractivity contribution in [2.75, 3.05) is 14.2 Å². The van der Waals surface area contributed by atoms with Crippen molar-refractivity contribution in [3.05, 3.63) is 23.8 Å². The molecule has 1 aliphatic rings. The van der Waals surface area contributed by atoms with Crippen LogP contribution in [0.4, 0.5) is 0 Å². The molecule has 2 rings (SSSR count). The lowest BCUT2D eigenvalue weighted by Crippen LogP contribution is -2.42. The Kier molecular flexibility index (Phi) is 4.59. The van der Waals surface area contributed by atoms with E-state index in [0.717, 1.165) is 29.9 Å². The van der Waals surface area contributed by atoms with Gasteiger partial charge in [0.15, 0.2) is 0 Å². The van der Waals surface area contributed by atoms with Crippen LogP contribution in [0.1, 0.15) is 45.1 Å². The largest absolute Gasteiger partial charge is 0.497 e. The van der Waals surface area contributed by atoms with E-state index in [-0.39, 0.29) is 5.54 Å². The summed E-state index contributed by atoms with van der Waals surface area (Å²) in [7, 11) is 3.36. The van der Waals surface area contributed by atoms with E-state index in [1.165, 1.54) is 12.8 Å². The van der Waals surface area contributed by atoms with E-state index >= 15 is 0 Å². The Hall–Kier alpha value is -1.22. The van der Waals surface area contributed by atoms with Gasteiger partial charge >= 0.3 is 0 Å². The van der Waals surface area contributed by atoms with Gasteiger partial charge in [0.1, 0.15) is 11.5 Å². The fraction of sp³-hybridized carbons (Fsp3) is 0.647. The molecule has 2 unspecified atom stereocenters. The van der Waals surface area contributed by atoms with Gasteiger partial charge in [0.25, 0.3) is 0 Å². The van der Waals surface area contributed by atoms with E-state index in [4.69, 9.17) is 15.2 Å². The molecule has 2 atom stereocenters. The molecular formula is C17H27NO2. The normalized spacial score (nSPS) is 26.6.